The summed E-state index contributed by atoms with van der Waals surface area (Å²) in [5.74, 6) is 1.47. The van der Waals surface area contributed by atoms with Gasteiger partial charge in [0.1, 0.15) is 22.4 Å². The maximum absolute atomic E-state index is 13.1. The number of hydrogen-bond acceptors (Lipinski definition) is 4. The van der Waals surface area contributed by atoms with E-state index in [9.17, 15) is 4.39 Å². The number of benzene rings is 1. The van der Waals surface area contributed by atoms with Crippen LogP contribution in [0, 0.1) is 5.82 Å². The smallest absolute Gasteiger partial charge is 0.223 e. The Hall–Kier alpha value is -1.62. The van der Waals surface area contributed by atoms with E-state index in [1.165, 1.54) is 23.9 Å². The molecule has 1 aromatic carbocycles. The van der Waals surface area contributed by atoms with E-state index in [0.29, 0.717) is 11.6 Å². The van der Waals surface area contributed by atoms with Crippen LogP contribution in [0.15, 0.2) is 35.4 Å². The first-order valence-electron chi connectivity index (χ1n) is 5.95. The van der Waals surface area contributed by atoms with Crippen molar-refractivity contribution in [3.05, 3.63) is 42.0 Å². The van der Waals surface area contributed by atoms with Gasteiger partial charge in [0.25, 0.3) is 0 Å². The summed E-state index contributed by atoms with van der Waals surface area (Å²) in [7, 11) is 0. The first-order valence-corrected chi connectivity index (χ1v) is 7.17. The van der Waals surface area contributed by atoms with Gasteiger partial charge in [-0.25, -0.2) is 9.37 Å². The minimum Gasteiger partial charge on any atom is -0.439 e. The van der Waals surface area contributed by atoms with Crippen LogP contribution in [0.1, 0.15) is 25.6 Å². The normalized spacial score (nSPS) is 10.8. The first kappa shape index (κ1) is 13.8. The maximum Gasteiger partial charge on any atom is 0.223 e. The minimum atomic E-state index is -0.333. The molecule has 100 valence electrons. The molecule has 0 saturated carbocycles. The Morgan fingerprint density at radius 2 is 2.00 bits per heavy atom. The van der Waals surface area contributed by atoms with Crippen LogP contribution in [-0.4, -0.2) is 16.2 Å². The molecule has 0 bridgehead atoms. The van der Waals surface area contributed by atoms with E-state index in [-0.39, 0.29) is 11.7 Å². The van der Waals surface area contributed by atoms with E-state index in [1.54, 1.807) is 18.2 Å². The van der Waals surface area contributed by atoms with E-state index < -0.39 is 0 Å². The van der Waals surface area contributed by atoms with Crippen LogP contribution in [0.2, 0.25) is 0 Å². The molecule has 2 aromatic rings. The van der Waals surface area contributed by atoms with Gasteiger partial charge in [-0.1, -0.05) is 19.9 Å². The Morgan fingerprint density at radius 3 is 2.63 bits per heavy atom. The highest BCUT2D eigenvalue weighted by Gasteiger charge is 2.09. The van der Waals surface area contributed by atoms with E-state index >= 15 is 0 Å². The molecule has 0 aliphatic carbocycles. The van der Waals surface area contributed by atoms with E-state index in [1.807, 2.05) is 20.1 Å². The average molecular weight is 278 g/mol. The molecule has 0 atom stereocenters. The molecule has 0 amide bonds. The maximum atomic E-state index is 13.1. The second kappa shape index (κ2) is 6.02. The highest BCUT2D eigenvalue weighted by Crippen LogP contribution is 2.25. The Kier molecular flexibility index (Phi) is 4.37. The van der Waals surface area contributed by atoms with Crippen molar-refractivity contribution in [2.24, 2.45) is 0 Å². The summed E-state index contributed by atoms with van der Waals surface area (Å²) in [5.41, 5.74) is 0. The van der Waals surface area contributed by atoms with Crippen molar-refractivity contribution in [2.45, 2.75) is 24.8 Å². The Bertz CT molecular complexity index is 575. The number of rotatable bonds is 4. The molecule has 19 heavy (non-hydrogen) atoms. The zero-order valence-corrected chi connectivity index (χ0v) is 11.9. The van der Waals surface area contributed by atoms with Gasteiger partial charge < -0.3 is 4.74 Å². The van der Waals surface area contributed by atoms with Crippen LogP contribution in [0.3, 0.4) is 0 Å². The lowest BCUT2D eigenvalue weighted by Crippen LogP contribution is -2.00. The topological polar surface area (TPSA) is 35.0 Å². The van der Waals surface area contributed by atoms with Crippen LogP contribution < -0.4 is 4.74 Å². The lowest BCUT2D eigenvalue weighted by molar-refractivity contribution is 0.449. The lowest BCUT2D eigenvalue weighted by atomic mass is 10.2. The minimum absolute atomic E-state index is 0.210. The van der Waals surface area contributed by atoms with Gasteiger partial charge in [-0.3, -0.25) is 0 Å². The van der Waals surface area contributed by atoms with Crippen molar-refractivity contribution in [2.75, 3.05) is 6.26 Å². The van der Waals surface area contributed by atoms with Crippen molar-refractivity contribution < 1.29 is 9.13 Å². The monoisotopic (exact) mass is 278 g/mol. The summed E-state index contributed by atoms with van der Waals surface area (Å²) in [6, 6.07) is 7.75. The number of thioether (sulfide) groups is 1. The summed E-state index contributed by atoms with van der Waals surface area (Å²) in [6.07, 6.45) is 1.94. The quantitative estimate of drug-likeness (QED) is 0.618. The number of halogens is 1. The average Bonchev–Trinajstić information content (AvgIpc) is 2.38. The summed E-state index contributed by atoms with van der Waals surface area (Å²) >= 11 is 1.52. The fourth-order valence-corrected chi connectivity index (χ4v) is 1.89. The third-order valence-electron chi connectivity index (χ3n) is 2.44. The number of hydrogen-bond donors (Lipinski definition) is 0. The van der Waals surface area contributed by atoms with Gasteiger partial charge in [0.05, 0.1) is 0 Å². The van der Waals surface area contributed by atoms with Gasteiger partial charge in [-0.15, -0.1) is 11.8 Å². The molecule has 2 rings (SSSR count). The van der Waals surface area contributed by atoms with E-state index in [4.69, 9.17) is 4.74 Å². The SMILES string of the molecule is CSc1cc(Oc2cccc(F)c2)nc(C(C)C)n1. The van der Waals surface area contributed by atoms with Gasteiger partial charge >= 0.3 is 0 Å². The van der Waals surface area contributed by atoms with Crippen molar-refractivity contribution in [1.82, 2.24) is 9.97 Å². The third kappa shape index (κ3) is 3.67. The molecular formula is C14H15FN2OS. The predicted octanol–water partition coefficient (Wildman–Crippen LogP) is 4.25. The highest BCUT2D eigenvalue weighted by molar-refractivity contribution is 7.98. The van der Waals surface area contributed by atoms with E-state index in [0.717, 1.165) is 10.9 Å². The number of aromatic nitrogens is 2. The molecule has 1 aromatic heterocycles. The lowest BCUT2D eigenvalue weighted by Gasteiger charge is -2.10. The molecule has 1 heterocycles. The van der Waals surface area contributed by atoms with E-state index in [2.05, 4.69) is 9.97 Å². The van der Waals surface area contributed by atoms with Crippen LogP contribution in [0.5, 0.6) is 11.6 Å². The van der Waals surface area contributed by atoms with Crippen LogP contribution >= 0.6 is 11.8 Å². The molecule has 0 fully saturated rings. The molecule has 3 nitrogen and oxygen atoms in total. The van der Waals surface area contributed by atoms with Crippen molar-refractivity contribution in [3.63, 3.8) is 0 Å². The second-order valence-electron chi connectivity index (χ2n) is 4.32. The standard InChI is InChI=1S/C14H15FN2OS/c1-9(2)14-16-12(8-13(17-14)19-3)18-11-6-4-5-10(15)7-11/h4-9H,1-3H3. The van der Waals surface area contributed by atoms with Crippen LogP contribution in [0.4, 0.5) is 4.39 Å². The highest BCUT2D eigenvalue weighted by atomic mass is 32.2. The second-order valence-corrected chi connectivity index (χ2v) is 5.15. The molecule has 0 N–H and O–H groups in total. The fourth-order valence-electron chi connectivity index (χ4n) is 1.49. The van der Waals surface area contributed by atoms with Gasteiger partial charge in [-0.05, 0) is 18.4 Å². The van der Waals surface area contributed by atoms with Gasteiger partial charge in [-0.2, -0.15) is 4.98 Å². The fraction of sp³-hybridized carbons (Fsp3) is 0.286. The molecule has 0 saturated heterocycles. The first-order chi connectivity index (χ1) is 9.08. The molecule has 0 unspecified atom stereocenters. The summed E-state index contributed by atoms with van der Waals surface area (Å²) in [5, 5.41) is 0.838. The number of ether oxygens (including phenoxy) is 1. The summed E-state index contributed by atoms with van der Waals surface area (Å²) < 4.78 is 18.7. The van der Waals surface area contributed by atoms with Gasteiger partial charge in [0.2, 0.25) is 5.88 Å². The number of nitrogens with zero attached hydrogens (tertiary/aromatic N) is 2. The molecule has 0 spiro atoms. The Morgan fingerprint density at radius 1 is 1.21 bits per heavy atom. The molecule has 0 aliphatic heterocycles. The van der Waals surface area contributed by atoms with Crippen molar-refractivity contribution in [1.29, 1.82) is 0 Å². The zero-order chi connectivity index (χ0) is 13.8. The summed E-state index contributed by atoms with van der Waals surface area (Å²) in [4.78, 5) is 8.75. The van der Waals surface area contributed by atoms with Crippen LogP contribution in [-0.2, 0) is 0 Å². The van der Waals surface area contributed by atoms with Gasteiger partial charge in [0.15, 0.2) is 0 Å². The zero-order valence-electron chi connectivity index (χ0n) is 11.1. The van der Waals surface area contributed by atoms with Crippen molar-refractivity contribution >= 4 is 11.8 Å². The van der Waals surface area contributed by atoms with Gasteiger partial charge in [0, 0.05) is 18.1 Å². The Labute approximate surface area is 116 Å². The molecule has 0 radical (unpaired) electrons. The third-order valence-corrected chi connectivity index (χ3v) is 3.07. The van der Waals surface area contributed by atoms with Crippen molar-refractivity contribution in [3.8, 4) is 11.6 Å². The molecular weight excluding hydrogens is 263 g/mol. The molecule has 5 heteroatoms. The van der Waals surface area contributed by atoms with Crippen LogP contribution in [0.25, 0.3) is 0 Å². The predicted molar refractivity (Wildman–Crippen MR) is 74.4 cm³/mol. The largest absolute Gasteiger partial charge is 0.439 e. The molecule has 0 aliphatic rings. The summed E-state index contributed by atoms with van der Waals surface area (Å²) in [6.45, 7) is 4.04. The Balaban J connectivity index is 2.31.